The summed E-state index contributed by atoms with van der Waals surface area (Å²) in [4.78, 5) is 14.4. The molecule has 4 heteroatoms. The smallest absolute Gasteiger partial charge is 0.220 e. The number of hydrogen-bond acceptors (Lipinski definition) is 3. The Bertz CT molecular complexity index is 270. The summed E-state index contributed by atoms with van der Waals surface area (Å²) in [6.45, 7) is 3.17. The van der Waals surface area contributed by atoms with Gasteiger partial charge >= 0.3 is 0 Å². The van der Waals surface area contributed by atoms with Crippen LogP contribution in [0.3, 0.4) is 0 Å². The van der Waals surface area contributed by atoms with E-state index in [2.05, 4.69) is 10.2 Å². The molecule has 1 amide bonds. The number of unbranched alkanes of at least 4 members (excludes halogenated alkanes) is 3. The fourth-order valence-corrected chi connectivity index (χ4v) is 3.31. The van der Waals surface area contributed by atoms with Crippen LogP contribution in [0.1, 0.15) is 51.4 Å². The van der Waals surface area contributed by atoms with E-state index >= 15 is 0 Å². The van der Waals surface area contributed by atoms with Crippen molar-refractivity contribution in [1.82, 2.24) is 10.2 Å². The first-order valence-electron chi connectivity index (χ1n) is 7.55. The zero-order chi connectivity index (χ0) is 12.8. The molecule has 4 nitrogen and oxygen atoms in total. The van der Waals surface area contributed by atoms with Gasteiger partial charge in [-0.2, -0.15) is 0 Å². The molecular weight excluding hydrogens is 226 g/mol. The summed E-state index contributed by atoms with van der Waals surface area (Å²) in [5.74, 6) is 0.251. The molecule has 2 aliphatic heterocycles. The van der Waals surface area contributed by atoms with Gasteiger partial charge in [-0.3, -0.25) is 9.69 Å². The second kappa shape index (κ2) is 7.10. The summed E-state index contributed by atoms with van der Waals surface area (Å²) in [5, 5.41) is 3.24. The third-order valence-electron chi connectivity index (χ3n) is 4.31. The number of nitrogens with two attached hydrogens (primary N) is 1. The van der Waals surface area contributed by atoms with Crippen LogP contribution in [0.5, 0.6) is 0 Å². The molecular formula is C14H27N3O. The third kappa shape index (κ3) is 3.69. The van der Waals surface area contributed by atoms with Gasteiger partial charge in [0.15, 0.2) is 0 Å². The van der Waals surface area contributed by atoms with Crippen LogP contribution in [-0.2, 0) is 4.79 Å². The van der Waals surface area contributed by atoms with E-state index in [0.29, 0.717) is 18.5 Å². The van der Waals surface area contributed by atoms with Crippen LogP contribution < -0.4 is 11.1 Å². The average Bonchev–Trinajstić information content (AvgIpc) is 2.94. The van der Waals surface area contributed by atoms with Crippen LogP contribution >= 0.6 is 0 Å². The van der Waals surface area contributed by atoms with Crippen LogP contribution in [0, 0.1) is 0 Å². The minimum absolute atomic E-state index is 0.251. The van der Waals surface area contributed by atoms with E-state index < -0.39 is 0 Å². The molecule has 2 saturated heterocycles. The van der Waals surface area contributed by atoms with Crippen LogP contribution in [0.15, 0.2) is 0 Å². The molecule has 18 heavy (non-hydrogen) atoms. The SMILES string of the molecule is NCCCCCCC(=O)NC1CCN2CCCC12. The van der Waals surface area contributed by atoms with Crippen molar-refractivity contribution in [3.63, 3.8) is 0 Å². The van der Waals surface area contributed by atoms with E-state index in [1.165, 1.54) is 25.9 Å². The van der Waals surface area contributed by atoms with Gasteiger partial charge in [-0.15, -0.1) is 0 Å². The lowest BCUT2D eigenvalue weighted by atomic mass is 10.1. The standard InChI is InChI=1S/C14H27N3O/c15-9-4-2-1-3-7-14(18)16-12-8-11-17-10-5-6-13(12)17/h12-13H,1-11,15H2,(H,16,18). The molecule has 2 aliphatic rings. The molecule has 2 fully saturated rings. The molecule has 0 aromatic carbocycles. The van der Waals surface area contributed by atoms with E-state index in [1.54, 1.807) is 0 Å². The summed E-state index contributed by atoms with van der Waals surface area (Å²) < 4.78 is 0. The quantitative estimate of drug-likeness (QED) is 0.671. The van der Waals surface area contributed by atoms with Gasteiger partial charge in [-0.25, -0.2) is 0 Å². The van der Waals surface area contributed by atoms with Crippen molar-refractivity contribution in [2.75, 3.05) is 19.6 Å². The Morgan fingerprint density at radius 2 is 2.00 bits per heavy atom. The normalized spacial score (nSPS) is 27.4. The predicted molar refractivity (Wildman–Crippen MR) is 73.3 cm³/mol. The van der Waals surface area contributed by atoms with E-state index in [9.17, 15) is 4.79 Å². The van der Waals surface area contributed by atoms with E-state index in [-0.39, 0.29) is 5.91 Å². The molecule has 0 aliphatic carbocycles. The number of rotatable bonds is 7. The van der Waals surface area contributed by atoms with E-state index in [0.717, 1.165) is 38.6 Å². The zero-order valence-electron chi connectivity index (χ0n) is 11.4. The Hall–Kier alpha value is -0.610. The van der Waals surface area contributed by atoms with Gasteiger partial charge < -0.3 is 11.1 Å². The van der Waals surface area contributed by atoms with E-state index in [1.807, 2.05) is 0 Å². The van der Waals surface area contributed by atoms with Crippen LogP contribution in [0.4, 0.5) is 0 Å². The Labute approximate surface area is 110 Å². The Kier molecular flexibility index (Phi) is 5.45. The van der Waals surface area contributed by atoms with Crippen LogP contribution in [0.25, 0.3) is 0 Å². The molecule has 2 heterocycles. The molecule has 3 N–H and O–H groups in total. The van der Waals surface area contributed by atoms with Gasteiger partial charge in [-0.05, 0) is 45.2 Å². The number of carbonyl (C=O) groups is 1. The lowest BCUT2D eigenvalue weighted by Gasteiger charge is -2.21. The number of hydrogen-bond donors (Lipinski definition) is 2. The molecule has 104 valence electrons. The Morgan fingerprint density at radius 3 is 2.83 bits per heavy atom. The second-order valence-corrected chi connectivity index (χ2v) is 5.66. The molecule has 0 aromatic rings. The average molecular weight is 253 g/mol. The first-order valence-corrected chi connectivity index (χ1v) is 7.55. The maximum atomic E-state index is 11.9. The summed E-state index contributed by atoms with van der Waals surface area (Å²) in [6.07, 6.45) is 8.78. The second-order valence-electron chi connectivity index (χ2n) is 5.66. The minimum atomic E-state index is 0.251. The molecule has 0 aromatic heterocycles. The number of nitrogens with zero attached hydrogens (tertiary/aromatic N) is 1. The highest BCUT2D eigenvalue weighted by atomic mass is 16.1. The maximum Gasteiger partial charge on any atom is 0.220 e. The lowest BCUT2D eigenvalue weighted by molar-refractivity contribution is -0.122. The Morgan fingerprint density at radius 1 is 1.17 bits per heavy atom. The number of amides is 1. The van der Waals surface area contributed by atoms with Gasteiger partial charge in [0.1, 0.15) is 0 Å². The molecule has 2 rings (SSSR count). The molecule has 0 saturated carbocycles. The van der Waals surface area contributed by atoms with Gasteiger partial charge in [-0.1, -0.05) is 12.8 Å². The van der Waals surface area contributed by atoms with E-state index in [4.69, 9.17) is 5.73 Å². The summed E-state index contributed by atoms with van der Waals surface area (Å²) in [6, 6.07) is 1.05. The first-order chi connectivity index (χ1) is 8.81. The first kappa shape index (κ1) is 13.8. The highest BCUT2D eigenvalue weighted by Gasteiger charge is 2.37. The third-order valence-corrected chi connectivity index (χ3v) is 4.31. The zero-order valence-corrected chi connectivity index (χ0v) is 11.4. The summed E-state index contributed by atoms with van der Waals surface area (Å²) in [7, 11) is 0. The van der Waals surface area contributed by atoms with Gasteiger partial charge in [0.05, 0.1) is 0 Å². The van der Waals surface area contributed by atoms with Crippen molar-refractivity contribution in [2.24, 2.45) is 5.73 Å². The van der Waals surface area contributed by atoms with Crippen molar-refractivity contribution >= 4 is 5.91 Å². The monoisotopic (exact) mass is 253 g/mol. The number of fused-ring (bicyclic) bond motifs is 1. The fraction of sp³-hybridized carbons (Fsp3) is 0.929. The summed E-state index contributed by atoms with van der Waals surface area (Å²) >= 11 is 0. The number of nitrogens with one attached hydrogen (secondary N) is 1. The highest BCUT2D eigenvalue weighted by molar-refractivity contribution is 5.76. The fourth-order valence-electron chi connectivity index (χ4n) is 3.31. The van der Waals surface area contributed by atoms with Crippen molar-refractivity contribution in [1.29, 1.82) is 0 Å². The van der Waals surface area contributed by atoms with Crippen LogP contribution in [-0.4, -0.2) is 42.5 Å². The number of carbonyl (C=O) groups excluding carboxylic acids is 1. The topological polar surface area (TPSA) is 58.4 Å². The maximum absolute atomic E-state index is 11.9. The van der Waals surface area contributed by atoms with Crippen molar-refractivity contribution in [2.45, 2.75) is 63.5 Å². The van der Waals surface area contributed by atoms with Crippen molar-refractivity contribution < 1.29 is 4.79 Å². The minimum Gasteiger partial charge on any atom is -0.352 e. The van der Waals surface area contributed by atoms with Gasteiger partial charge in [0.25, 0.3) is 0 Å². The summed E-state index contributed by atoms with van der Waals surface area (Å²) in [5.41, 5.74) is 5.44. The predicted octanol–water partition coefficient (Wildman–Crippen LogP) is 1.25. The van der Waals surface area contributed by atoms with Crippen molar-refractivity contribution in [3.05, 3.63) is 0 Å². The molecule has 2 unspecified atom stereocenters. The largest absolute Gasteiger partial charge is 0.352 e. The van der Waals surface area contributed by atoms with Gasteiger partial charge in [0.2, 0.25) is 5.91 Å². The van der Waals surface area contributed by atoms with Crippen LogP contribution in [0.2, 0.25) is 0 Å². The molecule has 0 bridgehead atoms. The van der Waals surface area contributed by atoms with Crippen molar-refractivity contribution in [3.8, 4) is 0 Å². The highest BCUT2D eigenvalue weighted by Crippen LogP contribution is 2.27. The Balaban J connectivity index is 1.59. The molecule has 2 atom stereocenters. The molecule has 0 spiro atoms. The van der Waals surface area contributed by atoms with Gasteiger partial charge in [0, 0.05) is 25.0 Å². The lowest BCUT2D eigenvalue weighted by Crippen LogP contribution is -2.42. The molecule has 0 radical (unpaired) electrons.